The maximum Gasteiger partial charge on any atom is 0.327 e. The molecular weight excluding hydrogens is 422 g/mol. The molecule has 10 heteroatoms. The van der Waals surface area contributed by atoms with E-state index in [1.54, 1.807) is 12.3 Å². The molecule has 1 saturated heterocycles. The molecule has 0 bridgehead atoms. The largest absolute Gasteiger partial charge is 0.424 e. The molecule has 0 saturated carbocycles. The highest BCUT2D eigenvalue weighted by Gasteiger charge is 2.20. The molecule has 2 aromatic carbocycles. The Balaban J connectivity index is 1.41. The summed E-state index contributed by atoms with van der Waals surface area (Å²) in [4.78, 5) is 27.8. The average molecular weight is 443 g/mol. The number of aryl methyl sites for hydroxylation is 1. The zero-order valence-corrected chi connectivity index (χ0v) is 17.7. The normalized spacial score (nSPS) is 15.9. The first kappa shape index (κ1) is 19.6. The van der Waals surface area contributed by atoms with Gasteiger partial charge in [0.25, 0.3) is 0 Å². The van der Waals surface area contributed by atoms with Gasteiger partial charge in [0.15, 0.2) is 5.82 Å². The van der Waals surface area contributed by atoms with E-state index < -0.39 is 0 Å². The Morgan fingerprint density at radius 3 is 2.85 bits per heavy atom. The summed E-state index contributed by atoms with van der Waals surface area (Å²) in [6, 6.07) is 11.7. The molecule has 1 fully saturated rings. The van der Waals surface area contributed by atoms with Crippen LogP contribution in [0.5, 0.6) is 11.8 Å². The van der Waals surface area contributed by atoms with Gasteiger partial charge in [-0.1, -0.05) is 18.2 Å². The van der Waals surface area contributed by atoms with Crippen LogP contribution in [-0.4, -0.2) is 57.4 Å². The molecule has 2 aliphatic rings. The number of benzene rings is 2. The Kier molecular flexibility index (Phi) is 4.84. The number of ether oxygens (including phenoxy) is 2. The standard InChI is InChI=1S/C23H21N7O3/c31-20-7-5-14-4-6-15(12-19(14)25-20)33-23-27-21(16-2-1-3-18-17(16)13-24-29-18)26-22(28-23)30-8-10-32-11-9-30/h1-4,6,12-13H,5,7-11H2,(H,24,29)(H,25,31). The third-order valence-electron chi connectivity index (χ3n) is 5.81. The molecule has 0 unspecified atom stereocenters. The fraction of sp³-hybridized carbons (Fsp3) is 0.261. The SMILES string of the molecule is O=C1CCc2ccc(Oc3nc(-c4cccc5[nH]ncc45)nc(N4CCOCC4)n3)cc2N1. The van der Waals surface area contributed by atoms with Crippen molar-refractivity contribution in [2.45, 2.75) is 12.8 Å². The van der Waals surface area contributed by atoms with E-state index in [2.05, 4.69) is 30.4 Å². The number of hydrogen-bond acceptors (Lipinski definition) is 8. The van der Waals surface area contributed by atoms with Crippen LogP contribution in [0.4, 0.5) is 11.6 Å². The third-order valence-corrected chi connectivity index (χ3v) is 5.81. The number of hydrogen-bond donors (Lipinski definition) is 2. The summed E-state index contributed by atoms with van der Waals surface area (Å²) in [6.45, 7) is 2.59. The predicted molar refractivity (Wildman–Crippen MR) is 121 cm³/mol. The topological polar surface area (TPSA) is 118 Å². The fourth-order valence-corrected chi connectivity index (χ4v) is 4.10. The van der Waals surface area contributed by atoms with E-state index in [4.69, 9.17) is 14.5 Å². The number of nitrogens with one attached hydrogen (secondary N) is 2. The number of fused-ring (bicyclic) bond motifs is 2. The highest BCUT2D eigenvalue weighted by Crippen LogP contribution is 2.31. The van der Waals surface area contributed by atoms with Crippen LogP contribution in [0.25, 0.3) is 22.3 Å². The quantitative estimate of drug-likeness (QED) is 0.494. The summed E-state index contributed by atoms with van der Waals surface area (Å²) >= 11 is 0. The number of aromatic amines is 1. The summed E-state index contributed by atoms with van der Waals surface area (Å²) < 4.78 is 11.6. The van der Waals surface area contributed by atoms with Crippen molar-refractivity contribution in [3.8, 4) is 23.1 Å². The molecule has 0 aliphatic carbocycles. The Labute approximate surface area is 189 Å². The Hall–Kier alpha value is -4.05. The van der Waals surface area contributed by atoms with Crippen molar-refractivity contribution in [1.29, 1.82) is 0 Å². The van der Waals surface area contributed by atoms with E-state index in [-0.39, 0.29) is 11.9 Å². The number of aromatic nitrogens is 5. The Morgan fingerprint density at radius 1 is 1.03 bits per heavy atom. The van der Waals surface area contributed by atoms with Gasteiger partial charge in [-0.05, 0) is 24.1 Å². The van der Waals surface area contributed by atoms with Crippen molar-refractivity contribution >= 4 is 28.4 Å². The number of anilines is 2. The lowest BCUT2D eigenvalue weighted by molar-refractivity contribution is -0.116. The van der Waals surface area contributed by atoms with Crippen LogP contribution in [-0.2, 0) is 16.0 Å². The summed E-state index contributed by atoms with van der Waals surface area (Å²) in [7, 11) is 0. The molecule has 166 valence electrons. The number of rotatable bonds is 4. The number of carbonyl (C=O) groups is 1. The van der Waals surface area contributed by atoms with Gasteiger partial charge in [0, 0.05) is 42.2 Å². The maximum atomic E-state index is 11.8. The maximum absolute atomic E-state index is 11.8. The molecule has 2 N–H and O–H groups in total. The van der Waals surface area contributed by atoms with Crippen molar-refractivity contribution < 1.29 is 14.3 Å². The first-order chi connectivity index (χ1) is 16.2. The highest BCUT2D eigenvalue weighted by atomic mass is 16.5. The fourth-order valence-electron chi connectivity index (χ4n) is 4.10. The van der Waals surface area contributed by atoms with Gasteiger partial charge in [-0.15, -0.1) is 0 Å². The Bertz CT molecular complexity index is 1350. The lowest BCUT2D eigenvalue weighted by atomic mass is 10.0. The van der Waals surface area contributed by atoms with Gasteiger partial charge in [0.1, 0.15) is 5.75 Å². The van der Waals surface area contributed by atoms with Crippen molar-refractivity contribution in [3.63, 3.8) is 0 Å². The zero-order valence-electron chi connectivity index (χ0n) is 17.7. The molecule has 4 aromatic rings. The van der Waals surface area contributed by atoms with Crippen LogP contribution in [0, 0.1) is 0 Å². The van der Waals surface area contributed by atoms with E-state index in [9.17, 15) is 4.79 Å². The summed E-state index contributed by atoms with van der Waals surface area (Å²) in [5.41, 5.74) is 3.57. The van der Waals surface area contributed by atoms with Crippen molar-refractivity contribution in [3.05, 3.63) is 48.2 Å². The molecule has 33 heavy (non-hydrogen) atoms. The van der Waals surface area contributed by atoms with Crippen molar-refractivity contribution in [2.75, 3.05) is 36.5 Å². The van der Waals surface area contributed by atoms with Crippen molar-refractivity contribution in [1.82, 2.24) is 25.1 Å². The number of H-pyrrole nitrogens is 1. The molecule has 0 radical (unpaired) electrons. The molecule has 0 spiro atoms. The van der Waals surface area contributed by atoms with Crippen LogP contribution >= 0.6 is 0 Å². The van der Waals surface area contributed by atoms with Gasteiger partial charge in [-0.2, -0.15) is 20.1 Å². The van der Waals surface area contributed by atoms with Crippen LogP contribution in [0.15, 0.2) is 42.6 Å². The smallest absolute Gasteiger partial charge is 0.327 e. The minimum atomic E-state index is 0.00454. The van der Waals surface area contributed by atoms with Crippen molar-refractivity contribution in [2.24, 2.45) is 0 Å². The van der Waals surface area contributed by atoms with E-state index >= 15 is 0 Å². The zero-order chi connectivity index (χ0) is 22.2. The van der Waals surface area contributed by atoms with E-state index in [0.29, 0.717) is 56.7 Å². The molecule has 6 rings (SSSR count). The van der Waals surface area contributed by atoms with E-state index in [0.717, 1.165) is 27.7 Å². The lowest BCUT2D eigenvalue weighted by Crippen LogP contribution is -2.37. The Morgan fingerprint density at radius 2 is 1.94 bits per heavy atom. The average Bonchev–Trinajstić information content (AvgIpc) is 3.33. The molecule has 1 amide bonds. The first-order valence-corrected chi connectivity index (χ1v) is 10.8. The third kappa shape index (κ3) is 3.85. The minimum absolute atomic E-state index is 0.00454. The number of morpholine rings is 1. The van der Waals surface area contributed by atoms with Gasteiger partial charge in [0.2, 0.25) is 11.9 Å². The van der Waals surface area contributed by atoms with E-state index in [1.807, 2.05) is 30.3 Å². The summed E-state index contributed by atoms with van der Waals surface area (Å²) in [5.74, 6) is 1.58. The number of amides is 1. The van der Waals surface area contributed by atoms with Gasteiger partial charge in [-0.25, -0.2) is 0 Å². The highest BCUT2D eigenvalue weighted by molar-refractivity contribution is 5.94. The molecule has 10 nitrogen and oxygen atoms in total. The summed E-state index contributed by atoms with van der Waals surface area (Å²) in [6.07, 6.45) is 2.97. The van der Waals surface area contributed by atoms with Gasteiger partial charge < -0.3 is 19.7 Å². The number of carbonyl (C=O) groups excluding carboxylic acids is 1. The van der Waals surface area contributed by atoms with E-state index in [1.165, 1.54) is 0 Å². The second-order valence-corrected chi connectivity index (χ2v) is 7.95. The lowest BCUT2D eigenvalue weighted by Gasteiger charge is -2.27. The molecule has 2 aromatic heterocycles. The molecular formula is C23H21N7O3. The van der Waals surface area contributed by atoms with Crippen LogP contribution < -0.4 is 15.0 Å². The second-order valence-electron chi connectivity index (χ2n) is 7.95. The molecule has 4 heterocycles. The first-order valence-electron chi connectivity index (χ1n) is 10.8. The molecule has 0 atom stereocenters. The second kappa shape index (κ2) is 8.14. The predicted octanol–water partition coefficient (Wildman–Crippen LogP) is 2.93. The van der Waals surface area contributed by atoms with Gasteiger partial charge >= 0.3 is 6.01 Å². The van der Waals surface area contributed by atoms with Crippen LogP contribution in [0.1, 0.15) is 12.0 Å². The monoisotopic (exact) mass is 443 g/mol. The number of nitrogens with zero attached hydrogens (tertiary/aromatic N) is 5. The molecule has 2 aliphatic heterocycles. The van der Waals surface area contributed by atoms with Gasteiger partial charge in [-0.3, -0.25) is 9.89 Å². The minimum Gasteiger partial charge on any atom is -0.424 e. The summed E-state index contributed by atoms with van der Waals surface area (Å²) in [5, 5.41) is 10.9. The van der Waals surface area contributed by atoms with Crippen LogP contribution in [0.2, 0.25) is 0 Å². The van der Waals surface area contributed by atoms with Gasteiger partial charge in [0.05, 0.1) is 24.9 Å². The van der Waals surface area contributed by atoms with Crippen LogP contribution in [0.3, 0.4) is 0 Å².